The van der Waals surface area contributed by atoms with Crippen LogP contribution in [0.25, 0.3) is 11.0 Å². The van der Waals surface area contributed by atoms with Gasteiger partial charge in [0.1, 0.15) is 5.58 Å². The third-order valence-electron chi connectivity index (χ3n) is 3.23. The third-order valence-corrected chi connectivity index (χ3v) is 5.27. The maximum atomic E-state index is 12.2. The van der Waals surface area contributed by atoms with Crippen LogP contribution < -0.4 is 5.32 Å². The highest BCUT2D eigenvalue weighted by Crippen LogP contribution is 2.34. The topological polar surface area (TPSA) is 77.2 Å². The molecule has 0 fully saturated rings. The molecule has 0 aliphatic rings. The van der Waals surface area contributed by atoms with E-state index in [1.165, 1.54) is 23.1 Å². The van der Waals surface area contributed by atoms with E-state index in [0.29, 0.717) is 17.9 Å². The molecule has 3 aromatic rings. The lowest BCUT2D eigenvalue weighted by atomic mass is 10.1. The molecule has 3 rings (SSSR count). The molecule has 0 unspecified atom stereocenters. The number of nitrogens with one attached hydrogen (secondary N) is 1. The van der Waals surface area contributed by atoms with Crippen molar-refractivity contribution in [2.24, 2.45) is 0 Å². The average molecular weight is 363 g/mol. The third kappa shape index (κ3) is 3.54. The normalized spacial score (nSPS) is 10.9. The highest BCUT2D eigenvalue weighted by atomic mass is 32.2. The van der Waals surface area contributed by atoms with Crippen LogP contribution in [0.5, 0.6) is 0 Å². The Morgan fingerprint density at radius 2 is 2.17 bits per heavy atom. The number of para-hydroxylation sites is 1. The van der Waals surface area contributed by atoms with Crippen molar-refractivity contribution < 1.29 is 13.9 Å². The van der Waals surface area contributed by atoms with Gasteiger partial charge in [-0.15, -0.1) is 10.2 Å². The van der Waals surface area contributed by atoms with Crippen molar-refractivity contribution in [3.63, 3.8) is 0 Å². The van der Waals surface area contributed by atoms with E-state index in [1.54, 1.807) is 6.92 Å². The Bertz CT molecular complexity index is 844. The van der Waals surface area contributed by atoms with Crippen LogP contribution in [0.2, 0.25) is 0 Å². The van der Waals surface area contributed by atoms with Crippen molar-refractivity contribution in [1.29, 1.82) is 0 Å². The van der Waals surface area contributed by atoms with Gasteiger partial charge in [0.05, 0.1) is 6.61 Å². The fourth-order valence-corrected chi connectivity index (χ4v) is 4.08. The highest BCUT2D eigenvalue weighted by molar-refractivity contribution is 8.00. The lowest BCUT2D eigenvalue weighted by Crippen LogP contribution is -2.05. The zero-order valence-electron chi connectivity index (χ0n) is 13.4. The summed E-state index contributed by atoms with van der Waals surface area (Å²) in [6.45, 7) is 4.90. The summed E-state index contributed by atoms with van der Waals surface area (Å²) in [5.74, 6) is 0.392. The van der Waals surface area contributed by atoms with Gasteiger partial charge in [-0.3, -0.25) is 0 Å². The lowest BCUT2D eigenvalue weighted by molar-refractivity contribution is 0.0491. The van der Waals surface area contributed by atoms with Crippen LogP contribution in [-0.2, 0) is 10.5 Å². The van der Waals surface area contributed by atoms with Gasteiger partial charge in [-0.2, -0.15) is 0 Å². The SMILES string of the molecule is CCNc1nnc(SCc2c(C(=O)OCC)oc3ccccc23)s1. The summed E-state index contributed by atoms with van der Waals surface area (Å²) in [5.41, 5.74) is 1.51. The van der Waals surface area contributed by atoms with E-state index < -0.39 is 5.97 Å². The molecular weight excluding hydrogens is 346 g/mol. The first-order valence-corrected chi connectivity index (χ1v) is 9.40. The molecule has 0 radical (unpaired) electrons. The second-order valence-corrected chi connectivity index (χ2v) is 7.02. The van der Waals surface area contributed by atoms with Crippen LogP contribution in [0.4, 0.5) is 5.13 Å². The van der Waals surface area contributed by atoms with E-state index in [0.717, 1.165) is 27.0 Å². The molecule has 126 valence electrons. The number of aromatic nitrogens is 2. The smallest absolute Gasteiger partial charge is 0.374 e. The van der Waals surface area contributed by atoms with Crippen molar-refractivity contribution in [1.82, 2.24) is 10.2 Å². The van der Waals surface area contributed by atoms with E-state index in [2.05, 4.69) is 15.5 Å². The molecule has 6 nitrogen and oxygen atoms in total. The predicted octanol–water partition coefficient (Wildman–Crippen LogP) is 4.19. The summed E-state index contributed by atoms with van der Waals surface area (Å²) in [6.07, 6.45) is 0. The van der Waals surface area contributed by atoms with Gasteiger partial charge in [0, 0.05) is 23.2 Å². The number of thioether (sulfide) groups is 1. The molecule has 0 aliphatic heterocycles. The van der Waals surface area contributed by atoms with Gasteiger partial charge < -0.3 is 14.5 Å². The number of ether oxygens (including phenoxy) is 1. The first-order valence-electron chi connectivity index (χ1n) is 7.60. The van der Waals surface area contributed by atoms with Crippen molar-refractivity contribution in [2.45, 2.75) is 23.9 Å². The molecule has 1 N–H and O–H groups in total. The summed E-state index contributed by atoms with van der Waals surface area (Å²) in [7, 11) is 0. The van der Waals surface area contributed by atoms with Gasteiger partial charge in [-0.25, -0.2) is 4.79 Å². The largest absolute Gasteiger partial charge is 0.460 e. The molecule has 2 heterocycles. The van der Waals surface area contributed by atoms with Crippen LogP contribution >= 0.6 is 23.1 Å². The molecule has 0 spiro atoms. The molecule has 0 amide bonds. The highest BCUT2D eigenvalue weighted by Gasteiger charge is 2.22. The minimum atomic E-state index is -0.435. The minimum Gasteiger partial charge on any atom is -0.460 e. The van der Waals surface area contributed by atoms with E-state index in [1.807, 2.05) is 31.2 Å². The molecule has 0 atom stereocenters. The van der Waals surface area contributed by atoms with Gasteiger partial charge >= 0.3 is 5.97 Å². The molecule has 1 aromatic carbocycles. The molecule has 24 heavy (non-hydrogen) atoms. The van der Waals surface area contributed by atoms with E-state index in [-0.39, 0.29) is 5.76 Å². The maximum Gasteiger partial charge on any atom is 0.374 e. The Hall–Kier alpha value is -2.06. The maximum absolute atomic E-state index is 12.2. The van der Waals surface area contributed by atoms with E-state index in [4.69, 9.17) is 9.15 Å². The van der Waals surface area contributed by atoms with Gasteiger partial charge in [-0.1, -0.05) is 41.3 Å². The second kappa shape index (κ2) is 7.67. The number of anilines is 1. The molecule has 0 bridgehead atoms. The quantitative estimate of drug-likeness (QED) is 0.498. The number of nitrogens with zero attached hydrogens (tertiary/aromatic N) is 2. The minimum absolute atomic E-state index is 0.266. The number of fused-ring (bicyclic) bond motifs is 1. The van der Waals surface area contributed by atoms with Crippen LogP contribution in [0.1, 0.15) is 30.0 Å². The van der Waals surface area contributed by atoms with Crippen molar-refractivity contribution >= 4 is 45.2 Å². The summed E-state index contributed by atoms with van der Waals surface area (Å²) < 4.78 is 11.7. The zero-order valence-corrected chi connectivity index (χ0v) is 15.0. The first kappa shape index (κ1) is 16.8. The molecule has 8 heteroatoms. The summed E-state index contributed by atoms with van der Waals surface area (Å²) >= 11 is 3.02. The number of carbonyl (C=O) groups excluding carboxylic acids is 1. The Morgan fingerprint density at radius 1 is 1.33 bits per heavy atom. The van der Waals surface area contributed by atoms with Crippen molar-refractivity contribution in [2.75, 3.05) is 18.5 Å². The molecule has 0 saturated heterocycles. The lowest BCUT2D eigenvalue weighted by Gasteiger charge is -2.01. The van der Waals surface area contributed by atoms with Crippen LogP contribution in [0.3, 0.4) is 0 Å². The second-order valence-electron chi connectivity index (χ2n) is 4.82. The van der Waals surface area contributed by atoms with Crippen LogP contribution in [0, 0.1) is 0 Å². The first-order chi connectivity index (χ1) is 11.7. The fraction of sp³-hybridized carbons (Fsp3) is 0.312. The number of furan rings is 1. The Balaban J connectivity index is 1.86. The standard InChI is InChI=1S/C16H17N3O3S2/c1-3-17-15-18-19-16(24-15)23-9-11-10-7-5-6-8-12(10)22-13(11)14(20)21-4-2/h5-8H,3-4,9H2,1-2H3,(H,17,18). The van der Waals surface area contributed by atoms with Crippen LogP contribution in [-0.4, -0.2) is 29.3 Å². The van der Waals surface area contributed by atoms with Crippen LogP contribution in [0.15, 0.2) is 33.0 Å². The van der Waals surface area contributed by atoms with Crippen molar-refractivity contribution in [3.05, 3.63) is 35.6 Å². The molecule has 2 aromatic heterocycles. The van der Waals surface area contributed by atoms with Crippen molar-refractivity contribution in [3.8, 4) is 0 Å². The molecular formula is C16H17N3O3S2. The number of esters is 1. The predicted molar refractivity (Wildman–Crippen MR) is 95.8 cm³/mol. The summed E-state index contributed by atoms with van der Waals surface area (Å²) in [5, 5.41) is 13.1. The number of rotatable bonds is 7. The Labute approximate surface area is 147 Å². The number of hydrogen-bond donors (Lipinski definition) is 1. The van der Waals surface area contributed by atoms with Gasteiger partial charge in [0.2, 0.25) is 10.9 Å². The van der Waals surface area contributed by atoms with Gasteiger partial charge in [0.25, 0.3) is 0 Å². The molecule has 0 aliphatic carbocycles. The van der Waals surface area contributed by atoms with E-state index in [9.17, 15) is 4.79 Å². The molecule has 0 saturated carbocycles. The van der Waals surface area contributed by atoms with Gasteiger partial charge in [0.15, 0.2) is 4.34 Å². The number of hydrogen-bond acceptors (Lipinski definition) is 8. The fourth-order valence-electron chi connectivity index (χ4n) is 2.23. The average Bonchev–Trinajstić information content (AvgIpc) is 3.18. The van der Waals surface area contributed by atoms with Gasteiger partial charge in [-0.05, 0) is 19.9 Å². The zero-order chi connectivity index (χ0) is 16.9. The monoisotopic (exact) mass is 363 g/mol. The number of carbonyl (C=O) groups is 1. The number of benzene rings is 1. The summed E-state index contributed by atoms with van der Waals surface area (Å²) in [4.78, 5) is 12.2. The Kier molecular flexibility index (Phi) is 5.37. The summed E-state index contributed by atoms with van der Waals surface area (Å²) in [6, 6.07) is 7.60. The Morgan fingerprint density at radius 3 is 2.96 bits per heavy atom. The van der Waals surface area contributed by atoms with E-state index >= 15 is 0 Å².